The topological polar surface area (TPSA) is 24.9 Å². The molecule has 4 heteroatoms. The van der Waals surface area contributed by atoms with E-state index < -0.39 is 0 Å². The van der Waals surface area contributed by atoms with Crippen LogP contribution >= 0.6 is 22.7 Å². The summed E-state index contributed by atoms with van der Waals surface area (Å²) in [4.78, 5) is 5.62. The van der Waals surface area contributed by atoms with Crippen LogP contribution in [0.1, 0.15) is 42.1 Å². The highest BCUT2D eigenvalue weighted by atomic mass is 32.1. The Hall–Kier alpha value is -0.710. The van der Waals surface area contributed by atoms with Crippen LogP contribution in [0.25, 0.3) is 0 Å². The van der Waals surface area contributed by atoms with E-state index in [1.807, 2.05) is 5.51 Å². The molecule has 0 aromatic carbocycles. The van der Waals surface area contributed by atoms with Gasteiger partial charge in [-0.3, -0.25) is 0 Å². The van der Waals surface area contributed by atoms with E-state index in [9.17, 15) is 0 Å². The van der Waals surface area contributed by atoms with Crippen molar-refractivity contribution in [1.29, 1.82) is 0 Å². The number of thiophene rings is 1. The summed E-state index contributed by atoms with van der Waals surface area (Å²) in [5, 5.41) is 7.92. The van der Waals surface area contributed by atoms with Gasteiger partial charge in [-0.2, -0.15) is 11.3 Å². The molecule has 0 aliphatic rings. The second kappa shape index (κ2) is 5.08. The molecule has 16 heavy (non-hydrogen) atoms. The maximum atomic E-state index is 4.29. The Balaban J connectivity index is 2.03. The van der Waals surface area contributed by atoms with Crippen LogP contribution in [0.15, 0.2) is 22.3 Å². The number of aromatic nitrogens is 1. The highest BCUT2D eigenvalue weighted by Gasteiger charge is 2.14. The lowest BCUT2D eigenvalue weighted by Crippen LogP contribution is -2.21. The fourth-order valence-corrected chi connectivity index (χ4v) is 3.37. The van der Waals surface area contributed by atoms with Crippen LogP contribution in [0.3, 0.4) is 0 Å². The average Bonchev–Trinajstić information content (AvgIpc) is 2.86. The van der Waals surface area contributed by atoms with Gasteiger partial charge in [0.1, 0.15) is 0 Å². The molecule has 0 spiro atoms. The monoisotopic (exact) mass is 252 g/mol. The van der Waals surface area contributed by atoms with Gasteiger partial charge in [0, 0.05) is 17.0 Å². The SMILES string of the molecule is Cc1ncsc1C(C)NC(C)c1ccsc1. The molecule has 0 saturated heterocycles. The van der Waals surface area contributed by atoms with Gasteiger partial charge in [0.15, 0.2) is 0 Å². The molecule has 2 rings (SSSR count). The summed E-state index contributed by atoms with van der Waals surface area (Å²) >= 11 is 3.47. The molecule has 2 unspecified atom stereocenters. The van der Waals surface area contributed by atoms with E-state index in [-0.39, 0.29) is 0 Å². The molecule has 0 saturated carbocycles. The Labute approximate surface area is 104 Å². The van der Waals surface area contributed by atoms with Gasteiger partial charge in [-0.25, -0.2) is 4.98 Å². The minimum absolute atomic E-state index is 0.363. The molecule has 0 amide bonds. The Morgan fingerprint density at radius 3 is 2.69 bits per heavy atom. The highest BCUT2D eigenvalue weighted by molar-refractivity contribution is 7.09. The lowest BCUT2D eigenvalue weighted by atomic mass is 10.1. The highest BCUT2D eigenvalue weighted by Crippen LogP contribution is 2.25. The second-order valence-electron chi connectivity index (χ2n) is 3.97. The first-order valence-electron chi connectivity index (χ1n) is 5.36. The first-order chi connectivity index (χ1) is 7.68. The number of hydrogen-bond acceptors (Lipinski definition) is 4. The molecule has 2 nitrogen and oxygen atoms in total. The Morgan fingerprint density at radius 2 is 2.12 bits per heavy atom. The molecule has 0 aliphatic heterocycles. The smallest absolute Gasteiger partial charge is 0.0798 e. The van der Waals surface area contributed by atoms with Gasteiger partial charge in [0.2, 0.25) is 0 Å². The van der Waals surface area contributed by atoms with Crippen LogP contribution in [0, 0.1) is 6.92 Å². The van der Waals surface area contributed by atoms with Crippen LogP contribution < -0.4 is 5.32 Å². The first-order valence-corrected chi connectivity index (χ1v) is 7.19. The molecular weight excluding hydrogens is 236 g/mol. The summed E-state index contributed by atoms with van der Waals surface area (Å²) in [6.07, 6.45) is 0. The van der Waals surface area contributed by atoms with E-state index in [0.717, 1.165) is 5.69 Å². The van der Waals surface area contributed by atoms with Gasteiger partial charge in [-0.05, 0) is 43.2 Å². The van der Waals surface area contributed by atoms with Gasteiger partial charge in [-0.15, -0.1) is 11.3 Å². The van der Waals surface area contributed by atoms with Crippen molar-refractivity contribution in [2.24, 2.45) is 0 Å². The molecule has 0 fully saturated rings. The molecular formula is C12H16N2S2. The fourth-order valence-electron chi connectivity index (χ4n) is 1.79. The van der Waals surface area contributed by atoms with Gasteiger partial charge >= 0.3 is 0 Å². The maximum Gasteiger partial charge on any atom is 0.0798 e. The van der Waals surface area contributed by atoms with Crippen LogP contribution in [0.5, 0.6) is 0 Å². The van der Waals surface area contributed by atoms with Crippen molar-refractivity contribution in [3.8, 4) is 0 Å². The molecule has 1 N–H and O–H groups in total. The van der Waals surface area contributed by atoms with E-state index in [2.05, 4.69) is 47.9 Å². The van der Waals surface area contributed by atoms with Crippen molar-refractivity contribution < 1.29 is 0 Å². The summed E-state index contributed by atoms with van der Waals surface area (Å²) in [5.41, 5.74) is 4.42. The Bertz CT molecular complexity index is 434. The molecule has 0 aliphatic carbocycles. The van der Waals surface area contributed by atoms with Crippen molar-refractivity contribution in [3.05, 3.63) is 38.5 Å². The van der Waals surface area contributed by atoms with Crippen LogP contribution in [0.2, 0.25) is 0 Å². The van der Waals surface area contributed by atoms with E-state index in [4.69, 9.17) is 0 Å². The quantitative estimate of drug-likeness (QED) is 0.892. The van der Waals surface area contributed by atoms with Gasteiger partial charge in [-0.1, -0.05) is 0 Å². The third-order valence-corrected chi connectivity index (χ3v) is 4.53. The second-order valence-corrected chi connectivity index (χ2v) is 5.64. The summed E-state index contributed by atoms with van der Waals surface area (Å²) in [6, 6.07) is 2.93. The maximum absolute atomic E-state index is 4.29. The molecule has 2 atom stereocenters. The van der Waals surface area contributed by atoms with E-state index in [0.29, 0.717) is 12.1 Å². The lowest BCUT2D eigenvalue weighted by molar-refractivity contribution is 0.499. The predicted octanol–water partition coefficient (Wildman–Crippen LogP) is 3.92. The third-order valence-electron chi connectivity index (χ3n) is 2.72. The minimum Gasteiger partial charge on any atom is -0.303 e. The van der Waals surface area contributed by atoms with Gasteiger partial charge < -0.3 is 5.32 Å². The molecule has 86 valence electrons. The third kappa shape index (κ3) is 2.51. The predicted molar refractivity (Wildman–Crippen MR) is 71.1 cm³/mol. The van der Waals surface area contributed by atoms with E-state index >= 15 is 0 Å². The molecule has 2 aromatic heterocycles. The zero-order chi connectivity index (χ0) is 11.5. The molecule has 2 heterocycles. The van der Waals surface area contributed by atoms with Gasteiger partial charge in [0.05, 0.1) is 11.2 Å². The first kappa shape index (κ1) is 11.8. The van der Waals surface area contributed by atoms with Crippen molar-refractivity contribution in [2.75, 3.05) is 0 Å². The average molecular weight is 252 g/mol. The van der Waals surface area contributed by atoms with Crippen molar-refractivity contribution >= 4 is 22.7 Å². The molecule has 0 bridgehead atoms. The number of nitrogens with zero attached hydrogens (tertiary/aromatic N) is 1. The van der Waals surface area contributed by atoms with Crippen molar-refractivity contribution in [1.82, 2.24) is 10.3 Å². The van der Waals surface area contributed by atoms with E-state index in [1.54, 1.807) is 22.7 Å². The number of aryl methyl sites for hydroxylation is 1. The Morgan fingerprint density at radius 1 is 1.31 bits per heavy atom. The largest absolute Gasteiger partial charge is 0.303 e. The number of rotatable bonds is 4. The lowest BCUT2D eigenvalue weighted by Gasteiger charge is -2.18. The zero-order valence-corrected chi connectivity index (χ0v) is 11.4. The fraction of sp³-hybridized carbons (Fsp3) is 0.417. The Kier molecular flexibility index (Phi) is 3.74. The molecule has 2 aromatic rings. The van der Waals surface area contributed by atoms with Crippen LogP contribution in [-0.4, -0.2) is 4.98 Å². The number of nitrogens with one attached hydrogen (secondary N) is 1. The van der Waals surface area contributed by atoms with Crippen molar-refractivity contribution in [3.63, 3.8) is 0 Å². The number of thiazole rings is 1. The summed E-state index contributed by atoms with van der Waals surface area (Å²) in [5.74, 6) is 0. The van der Waals surface area contributed by atoms with Crippen molar-refractivity contribution in [2.45, 2.75) is 32.9 Å². The summed E-state index contributed by atoms with van der Waals surface area (Å²) in [6.45, 7) is 6.47. The summed E-state index contributed by atoms with van der Waals surface area (Å²) in [7, 11) is 0. The normalized spacial score (nSPS) is 14.9. The van der Waals surface area contributed by atoms with Crippen LogP contribution in [-0.2, 0) is 0 Å². The van der Waals surface area contributed by atoms with E-state index in [1.165, 1.54) is 10.4 Å². The zero-order valence-electron chi connectivity index (χ0n) is 9.73. The molecule has 0 radical (unpaired) electrons. The summed E-state index contributed by atoms with van der Waals surface area (Å²) < 4.78 is 0. The standard InChI is InChI=1S/C12H16N2S2/c1-8(11-4-5-15-6-11)14-10(3)12-9(2)13-7-16-12/h4-8,10,14H,1-3H3. The van der Waals surface area contributed by atoms with Gasteiger partial charge in [0.25, 0.3) is 0 Å². The minimum atomic E-state index is 0.363. The number of hydrogen-bond donors (Lipinski definition) is 1. The van der Waals surface area contributed by atoms with Crippen LogP contribution in [0.4, 0.5) is 0 Å².